The predicted octanol–water partition coefficient (Wildman–Crippen LogP) is 2.17. The monoisotopic (exact) mass is 262 g/mol. The van der Waals surface area contributed by atoms with Crippen molar-refractivity contribution in [2.24, 2.45) is 0 Å². The van der Waals surface area contributed by atoms with Crippen molar-refractivity contribution >= 4 is 23.1 Å². The summed E-state index contributed by atoms with van der Waals surface area (Å²) in [6.45, 7) is -0.107. The summed E-state index contributed by atoms with van der Waals surface area (Å²) in [7, 11) is 0. The lowest BCUT2D eigenvalue weighted by Crippen LogP contribution is -1.85. The average molecular weight is 262 g/mol. The van der Waals surface area contributed by atoms with Crippen molar-refractivity contribution < 1.29 is 5.11 Å². The van der Waals surface area contributed by atoms with Crippen LogP contribution in [0.3, 0.4) is 0 Å². The molecule has 2 aromatic heterocycles. The van der Waals surface area contributed by atoms with Crippen LogP contribution in [0.25, 0.3) is 0 Å². The molecule has 5 heteroatoms. The zero-order valence-electron chi connectivity index (χ0n) is 8.96. The molecule has 17 heavy (non-hydrogen) atoms. The van der Waals surface area contributed by atoms with E-state index in [1.165, 1.54) is 4.88 Å². The van der Waals surface area contributed by atoms with E-state index in [0.717, 1.165) is 16.5 Å². The van der Waals surface area contributed by atoms with Crippen LogP contribution in [0.4, 0.5) is 0 Å². The van der Waals surface area contributed by atoms with Crippen LogP contribution < -0.4 is 0 Å². The second-order valence-electron chi connectivity index (χ2n) is 3.04. The van der Waals surface area contributed by atoms with Crippen LogP contribution >= 0.6 is 23.1 Å². The van der Waals surface area contributed by atoms with E-state index in [9.17, 15) is 0 Å². The molecule has 2 aromatic rings. The highest BCUT2D eigenvalue weighted by Gasteiger charge is 2.04. The molecule has 2 rings (SSSR count). The standard InChI is InChI=1S/C12H10N2OS2/c15-7-1-3-10-4-8-16-11(10)9-17-12-13-5-2-6-14-12/h2,4-6,8,15H,7,9H2. The molecular weight excluding hydrogens is 252 g/mol. The minimum Gasteiger partial charge on any atom is -0.384 e. The molecule has 3 nitrogen and oxygen atoms in total. The first kappa shape index (κ1) is 12.1. The molecule has 2 heterocycles. The Morgan fingerprint density at radius 1 is 1.35 bits per heavy atom. The number of aliphatic hydroxyl groups excluding tert-OH is 1. The van der Waals surface area contributed by atoms with Gasteiger partial charge in [-0.1, -0.05) is 23.6 Å². The van der Waals surface area contributed by atoms with Gasteiger partial charge in [-0.25, -0.2) is 9.97 Å². The van der Waals surface area contributed by atoms with E-state index in [-0.39, 0.29) is 6.61 Å². The normalized spacial score (nSPS) is 9.71. The Bertz CT molecular complexity index is 528. The smallest absolute Gasteiger partial charge is 0.187 e. The SMILES string of the molecule is OCC#Cc1ccsc1CSc1ncccn1. The van der Waals surface area contributed by atoms with Gasteiger partial charge in [-0.3, -0.25) is 0 Å². The molecule has 0 aliphatic rings. The Balaban J connectivity index is 2.02. The first-order valence-corrected chi connectivity index (χ1v) is 6.82. The van der Waals surface area contributed by atoms with Crippen molar-refractivity contribution in [3.8, 4) is 11.8 Å². The molecule has 0 bridgehead atoms. The minimum absolute atomic E-state index is 0.107. The lowest BCUT2D eigenvalue weighted by molar-refractivity contribution is 0.350. The molecule has 86 valence electrons. The van der Waals surface area contributed by atoms with Gasteiger partial charge in [0, 0.05) is 28.6 Å². The Kier molecular flexibility index (Phi) is 4.56. The molecule has 0 aromatic carbocycles. The van der Waals surface area contributed by atoms with Crippen LogP contribution in [0.2, 0.25) is 0 Å². The summed E-state index contributed by atoms with van der Waals surface area (Å²) in [5, 5.41) is 11.4. The first-order valence-electron chi connectivity index (χ1n) is 4.96. The molecule has 0 unspecified atom stereocenters. The van der Waals surface area contributed by atoms with Gasteiger partial charge in [-0.15, -0.1) is 11.3 Å². The van der Waals surface area contributed by atoms with Gasteiger partial charge in [-0.2, -0.15) is 0 Å². The van der Waals surface area contributed by atoms with Crippen LogP contribution in [-0.2, 0) is 5.75 Å². The van der Waals surface area contributed by atoms with Crippen molar-refractivity contribution in [1.82, 2.24) is 9.97 Å². The van der Waals surface area contributed by atoms with Crippen molar-refractivity contribution in [1.29, 1.82) is 0 Å². The maximum absolute atomic E-state index is 8.67. The van der Waals surface area contributed by atoms with Crippen molar-refractivity contribution in [2.45, 2.75) is 10.9 Å². The second-order valence-corrected chi connectivity index (χ2v) is 4.98. The van der Waals surface area contributed by atoms with Crippen molar-refractivity contribution in [3.63, 3.8) is 0 Å². The summed E-state index contributed by atoms with van der Waals surface area (Å²) in [4.78, 5) is 9.48. The summed E-state index contributed by atoms with van der Waals surface area (Å²) in [6, 6.07) is 3.77. The second kappa shape index (κ2) is 6.40. The molecule has 0 amide bonds. The molecule has 0 aliphatic heterocycles. The fraction of sp³-hybridized carbons (Fsp3) is 0.167. The van der Waals surface area contributed by atoms with E-state index in [2.05, 4.69) is 21.8 Å². The van der Waals surface area contributed by atoms with Crippen LogP contribution in [0.5, 0.6) is 0 Å². The van der Waals surface area contributed by atoms with E-state index in [0.29, 0.717) is 0 Å². The number of hydrogen-bond donors (Lipinski definition) is 1. The largest absolute Gasteiger partial charge is 0.384 e. The number of aliphatic hydroxyl groups is 1. The summed E-state index contributed by atoms with van der Waals surface area (Å²) in [5.74, 6) is 6.40. The maximum atomic E-state index is 8.67. The highest BCUT2D eigenvalue weighted by atomic mass is 32.2. The topological polar surface area (TPSA) is 46.0 Å². The van der Waals surface area contributed by atoms with Gasteiger partial charge >= 0.3 is 0 Å². The summed E-state index contributed by atoms with van der Waals surface area (Å²) < 4.78 is 0. The highest BCUT2D eigenvalue weighted by molar-refractivity contribution is 7.98. The average Bonchev–Trinajstić information content (AvgIpc) is 2.82. The van der Waals surface area contributed by atoms with Crippen LogP contribution in [0.15, 0.2) is 35.1 Å². The molecule has 0 atom stereocenters. The first-order chi connectivity index (χ1) is 8.40. The quantitative estimate of drug-likeness (QED) is 0.523. The number of aromatic nitrogens is 2. The van der Waals surface area contributed by atoms with E-state index >= 15 is 0 Å². The highest BCUT2D eigenvalue weighted by Crippen LogP contribution is 2.24. The Morgan fingerprint density at radius 3 is 2.94 bits per heavy atom. The molecule has 0 radical (unpaired) electrons. The van der Waals surface area contributed by atoms with Crippen LogP contribution in [-0.4, -0.2) is 21.7 Å². The third-order valence-electron chi connectivity index (χ3n) is 1.92. The molecule has 0 aliphatic carbocycles. The van der Waals surface area contributed by atoms with Gasteiger partial charge < -0.3 is 5.11 Å². The molecule has 1 N–H and O–H groups in total. The molecule has 0 fully saturated rings. The lowest BCUT2D eigenvalue weighted by atomic mass is 10.3. The third kappa shape index (κ3) is 3.56. The minimum atomic E-state index is -0.107. The molecule has 0 saturated carbocycles. The predicted molar refractivity (Wildman–Crippen MR) is 69.9 cm³/mol. The van der Waals surface area contributed by atoms with E-state index < -0.39 is 0 Å². The van der Waals surface area contributed by atoms with Crippen LogP contribution in [0.1, 0.15) is 10.4 Å². The summed E-state index contributed by atoms with van der Waals surface area (Å²) >= 11 is 3.24. The number of hydrogen-bond acceptors (Lipinski definition) is 5. The van der Waals surface area contributed by atoms with Gasteiger partial charge in [0.15, 0.2) is 5.16 Å². The third-order valence-corrected chi connectivity index (χ3v) is 3.93. The van der Waals surface area contributed by atoms with E-state index in [4.69, 9.17) is 5.11 Å². The van der Waals surface area contributed by atoms with Gasteiger partial charge in [0.05, 0.1) is 0 Å². The zero-order chi connectivity index (χ0) is 11.9. The fourth-order valence-electron chi connectivity index (χ4n) is 1.19. The van der Waals surface area contributed by atoms with Gasteiger partial charge in [-0.05, 0) is 17.5 Å². The summed E-state index contributed by atoms with van der Waals surface area (Å²) in [6.07, 6.45) is 3.46. The van der Waals surface area contributed by atoms with Gasteiger partial charge in [0.1, 0.15) is 6.61 Å². The number of rotatable bonds is 3. The zero-order valence-corrected chi connectivity index (χ0v) is 10.6. The maximum Gasteiger partial charge on any atom is 0.187 e. The molecule has 0 spiro atoms. The van der Waals surface area contributed by atoms with Crippen molar-refractivity contribution in [3.05, 3.63) is 40.3 Å². The Morgan fingerprint density at radius 2 is 2.18 bits per heavy atom. The summed E-state index contributed by atoms with van der Waals surface area (Å²) in [5.41, 5.74) is 0.979. The number of thiophene rings is 1. The molecular formula is C12H10N2OS2. The Labute approximate surface area is 108 Å². The fourth-order valence-corrected chi connectivity index (χ4v) is 2.94. The van der Waals surface area contributed by atoms with Crippen molar-refractivity contribution in [2.75, 3.05) is 6.61 Å². The van der Waals surface area contributed by atoms with E-state index in [1.54, 1.807) is 41.6 Å². The van der Waals surface area contributed by atoms with Gasteiger partial charge in [0.2, 0.25) is 0 Å². The Hall–Kier alpha value is -1.35. The van der Waals surface area contributed by atoms with Gasteiger partial charge in [0.25, 0.3) is 0 Å². The number of nitrogens with zero attached hydrogens (tertiary/aromatic N) is 2. The lowest BCUT2D eigenvalue weighted by Gasteiger charge is -1.98. The van der Waals surface area contributed by atoms with Crippen LogP contribution in [0, 0.1) is 11.8 Å². The molecule has 0 saturated heterocycles. The number of thioether (sulfide) groups is 1. The van der Waals surface area contributed by atoms with E-state index in [1.807, 2.05) is 11.4 Å².